The van der Waals surface area contributed by atoms with Crippen molar-refractivity contribution in [1.82, 2.24) is 14.9 Å². The number of rotatable bonds is 5. The number of nitrogens with zero attached hydrogens (tertiary/aromatic N) is 1. The molecule has 0 spiro atoms. The largest absolute Gasteiger partial charge is 0.356 e. The first-order valence-corrected chi connectivity index (χ1v) is 5.57. The second kappa shape index (κ2) is 5.70. The average molecular weight is 227 g/mol. The van der Waals surface area contributed by atoms with Crippen molar-refractivity contribution >= 4 is 18.1 Å². The SMILES string of the molecule is CCCNC(=O)CCn1cc(C)[nH]c1=S. The van der Waals surface area contributed by atoms with Gasteiger partial charge in [0.1, 0.15) is 0 Å². The topological polar surface area (TPSA) is 49.8 Å². The summed E-state index contributed by atoms with van der Waals surface area (Å²) in [5, 5.41) is 2.83. The number of aryl methyl sites for hydroxylation is 2. The van der Waals surface area contributed by atoms with Gasteiger partial charge in [0.2, 0.25) is 5.91 Å². The zero-order valence-corrected chi connectivity index (χ0v) is 9.99. The number of carbonyl (C=O) groups is 1. The van der Waals surface area contributed by atoms with Crippen molar-refractivity contribution in [2.75, 3.05) is 6.54 Å². The monoisotopic (exact) mass is 227 g/mol. The smallest absolute Gasteiger partial charge is 0.221 e. The van der Waals surface area contributed by atoms with Crippen molar-refractivity contribution in [3.05, 3.63) is 16.7 Å². The van der Waals surface area contributed by atoms with Gasteiger partial charge in [0.25, 0.3) is 0 Å². The molecule has 15 heavy (non-hydrogen) atoms. The number of carbonyl (C=O) groups excluding carboxylic acids is 1. The number of hydrogen-bond acceptors (Lipinski definition) is 2. The third-order valence-electron chi connectivity index (χ3n) is 2.07. The van der Waals surface area contributed by atoms with Crippen molar-refractivity contribution in [2.45, 2.75) is 33.2 Å². The fourth-order valence-corrected chi connectivity index (χ4v) is 1.61. The Labute approximate surface area is 94.7 Å². The lowest BCUT2D eigenvalue weighted by Crippen LogP contribution is -2.24. The number of aromatic amines is 1. The van der Waals surface area contributed by atoms with E-state index in [0.717, 1.165) is 18.7 Å². The van der Waals surface area contributed by atoms with Crippen LogP contribution in [0.15, 0.2) is 6.20 Å². The lowest BCUT2D eigenvalue weighted by Gasteiger charge is -2.03. The van der Waals surface area contributed by atoms with Crippen LogP contribution in [0.5, 0.6) is 0 Å². The van der Waals surface area contributed by atoms with Crippen LogP contribution in [0, 0.1) is 11.7 Å². The van der Waals surface area contributed by atoms with Crippen molar-refractivity contribution in [1.29, 1.82) is 0 Å². The molecule has 4 nitrogen and oxygen atoms in total. The molecule has 0 bridgehead atoms. The number of nitrogens with one attached hydrogen (secondary N) is 2. The molecule has 5 heteroatoms. The maximum absolute atomic E-state index is 11.3. The average Bonchev–Trinajstić information content (AvgIpc) is 2.51. The van der Waals surface area contributed by atoms with Crippen molar-refractivity contribution in [2.24, 2.45) is 0 Å². The quantitative estimate of drug-likeness (QED) is 0.753. The van der Waals surface area contributed by atoms with Gasteiger partial charge in [-0.15, -0.1) is 0 Å². The number of hydrogen-bond donors (Lipinski definition) is 2. The molecule has 0 fully saturated rings. The second-order valence-corrected chi connectivity index (χ2v) is 3.92. The molecule has 0 radical (unpaired) electrons. The van der Waals surface area contributed by atoms with E-state index in [1.807, 2.05) is 24.6 Å². The van der Waals surface area contributed by atoms with E-state index in [1.54, 1.807) is 0 Å². The molecule has 0 saturated carbocycles. The summed E-state index contributed by atoms with van der Waals surface area (Å²) in [6.45, 7) is 5.37. The molecule has 0 aliphatic heterocycles. The summed E-state index contributed by atoms with van der Waals surface area (Å²) in [4.78, 5) is 14.3. The Hall–Kier alpha value is -1.10. The number of aromatic nitrogens is 2. The lowest BCUT2D eigenvalue weighted by molar-refractivity contribution is -0.121. The summed E-state index contributed by atoms with van der Waals surface area (Å²) in [6.07, 6.45) is 3.37. The molecule has 0 unspecified atom stereocenters. The van der Waals surface area contributed by atoms with Crippen LogP contribution in [0.3, 0.4) is 0 Å². The van der Waals surface area contributed by atoms with Crippen LogP contribution < -0.4 is 5.32 Å². The van der Waals surface area contributed by atoms with Gasteiger partial charge in [-0.05, 0) is 25.6 Å². The van der Waals surface area contributed by atoms with E-state index < -0.39 is 0 Å². The molecule has 84 valence electrons. The van der Waals surface area contributed by atoms with Crippen molar-refractivity contribution < 1.29 is 4.79 Å². The zero-order chi connectivity index (χ0) is 11.3. The first-order chi connectivity index (χ1) is 7.13. The van der Waals surface area contributed by atoms with Gasteiger partial charge in [0.15, 0.2) is 4.77 Å². The molecule has 1 rings (SSSR count). The van der Waals surface area contributed by atoms with E-state index in [4.69, 9.17) is 12.2 Å². The molecular formula is C10H17N3OS. The second-order valence-electron chi connectivity index (χ2n) is 3.54. The summed E-state index contributed by atoms with van der Waals surface area (Å²) in [5.41, 5.74) is 1.02. The van der Waals surface area contributed by atoms with Gasteiger partial charge in [-0.2, -0.15) is 0 Å². The third kappa shape index (κ3) is 3.87. The Bertz CT molecular complexity index is 380. The molecule has 1 heterocycles. The predicted octanol–water partition coefficient (Wildman–Crippen LogP) is 1.77. The number of amides is 1. The third-order valence-corrected chi connectivity index (χ3v) is 2.40. The van der Waals surface area contributed by atoms with Crippen LogP contribution in [-0.4, -0.2) is 22.0 Å². The summed E-state index contributed by atoms with van der Waals surface area (Å²) in [7, 11) is 0. The van der Waals surface area contributed by atoms with Crippen LogP contribution in [0.1, 0.15) is 25.5 Å². The Morgan fingerprint density at radius 2 is 2.40 bits per heavy atom. The Kier molecular flexibility index (Phi) is 4.55. The van der Waals surface area contributed by atoms with E-state index in [2.05, 4.69) is 10.3 Å². The van der Waals surface area contributed by atoms with E-state index in [9.17, 15) is 4.79 Å². The highest BCUT2D eigenvalue weighted by atomic mass is 32.1. The Balaban J connectivity index is 2.40. The van der Waals surface area contributed by atoms with Gasteiger partial charge in [-0.3, -0.25) is 4.79 Å². The minimum Gasteiger partial charge on any atom is -0.356 e. The highest BCUT2D eigenvalue weighted by Crippen LogP contribution is 1.98. The van der Waals surface area contributed by atoms with Gasteiger partial charge < -0.3 is 14.9 Å². The minimum absolute atomic E-state index is 0.0811. The zero-order valence-electron chi connectivity index (χ0n) is 9.17. The van der Waals surface area contributed by atoms with Crippen LogP contribution >= 0.6 is 12.2 Å². The summed E-state index contributed by atoms with van der Waals surface area (Å²) in [6, 6.07) is 0. The molecule has 1 amide bonds. The van der Waals surface area contributed by atoms with Gasteiger partial charge >= 0.3 is 0 Å². The maximum atomic E-state index is 11.3. The molecule has 1 aromatic heterocycles. The fraction of sp³-hybridized carbons (Fsp3) is 0.600. The molecule has 0 atom stereocenters. The van der Waals surface area contributed by atoms with Crippen LogP contribution in [0.4, 0.5) is 0 Å². The lowest BCUT2D eigenvalue weighted by atomic mass is 10.3. The predicted molar refractivity (Wildman–Crippen MR) is 62.3 cm³/mol. The summed E-state index contributed by atoms with van der Waals surface area (Å²) >= 11 is 5.09. The number of H-pyrrole nitrogens is 1. The van der Waals surface area contributed by atoms with Gasteiger partial charge in [-0.25, -0.2) is 0 Å². The normalized spacial score (nSPS) is 10.3. The standard InChI is InChI=1S/C10H17N3OS/c1-3-5-11-9(14)4-6-13-7-8(2)12-10(13)15/h7H,3-6H2,1-2H3,(H,11,14)(H,12,15). The van der Waals surface area contributed by atoms with Crippen molar-refractivity contribution in [3.8, 4) is 0 Å². The molecular weight excluding hydrogens is 210 g/mol. The highest BCUT2D eigenvalue weighted by Gasteiger charge is 2.02. The Morgan fingerprint density at radius 1 is 1.67 bits per heavy atom. The Morgan fingerprint density at radius 3 is 2.93 bits per heavy atom. The van der Waals surface area contributed by atoms with Gasteiger partial charge in [-0.1, -0.05) is 6.92 Å². The maximum Gasteiger partial charge on any atom is 0.221 e. The molecule has 0 aliphatic rings. The van der Waals surface area contributed by atoms with Crippen LogP contribution in [-0.2, 0) is 11.3 Å². The minimum atomic E-state index is 0.0811. The van der Waals surface area contributed by atoms with Crippen LogP contribution in [0.2, 0.25) is 0 Å². The fourth-order valence-electron chi connectivity index (χ4n) is 1.31. The van der Waals surface area contributed by atoms with Crippen molar-refractivity contribution in [3.63, 3.8) is 0 Å². The first-order valence-electron chi connectivity index (χ1n) is 5.16. The molecule has 0 saturated heterocycles. The molecule has 0 aromatic carbocycles. The van der Waals surface area contributed by atoms with Gasteiger partial charge in [0.05, 0.1) is 0 Å². The molecule has 1 aromatic rings. The summed E-state index contributed by atoms with van der Waals surface area (Å²) in [5.74, 6) is 0.0811. The number of imidazole rings is 1. The molecule has 0 aliphatic carbocycles. The van der Waals surface area contributed by atoms with E-state index in [1.165, 1.54) is 0 Å². The van der Waals surface area contributed by atoms with E-state index >= 15 is 0 Å². The van der Waals surface area contributed by atoms with E-state index in [-0.39, 0.29) is 5.91 Å². The van der Waals surface area contributed by atoms with Gasteiger partial charge in [0, 0.05) is 31.4 Å². The summed E-state index contributed by atoms with van der Waals surface area (Å²) < 4.78 is 2.56. The molecule has 2 N–H and O–H groups in total. The first kappa shape index (κ1) is 12.0. The van der Waals surface area contributed by atoms with E-state index in [0.29, 0.717) is 17.7 Å². The van der Waals surface area contributed by atoms with Crippen LogP contribution in [0.25, 0.3) is 0 Å². The highest BCUT2D eigenvalue weighted by molar-refractivity contribution is 7.71.